The minimum atomic E-state index is -3.74. The van der Waals surface area contributed by atoms with Crippen LogP contribution < -0.4 is 14.7 Å². The molecule has 0 heterocycles. The topological polar surface area (TPSA) is 90.7 Å². The van der Waals surface area contributed by atoms with E-state index in [1.54, 1.807) is 0 Å². The van der Waals surface area contributed by atoms with Gasteiger partial charge in [-0.3, -0.25) is 0 Å². The van der Waals surface area contributed by atoms with Crippen LogP contribution in [0.5, 0.6) is 0 Å². The molecule has 1 rings (SSSR count). The Kier molecular flexibility index (Phi) is 6.12. The molecule has 0 bridgehead atoms. The van der Waals surface area contributed by atoms with Gasteiger partial charge in [-0.2, -0.15) is 0 Å². The molecule has 2 N–H and O–H groups in total. The van der Waals surface area contributed by atoms with Gasteiger partial charge < -0.3 is 14.8 Å². The van der Waals surface area contributed by atoms with Crippen LogP contribution in [0.25, 0.3) is 0 Å². The molecule has 1 aromatic carbocycles. The first-order valence-electron chi connectivity index (χ1n) is 6.03. The molecule has 0 fully saturated rings. The zero-order valence-electron chi connectivity index (χ0n) is 11.3. The maximum atomic E-state index is 12.1. The maximum Gasteiger partial charge on any atom is 0.241 e. The summed E-state index contributed by atoms with van der Waals surface area (Å²) in [4.78, 5) is 11.9. The van der Waals surface area contributed by atoms with Gasteiger partial charge in [0.05, 0.1) is 31.5 Å². The van der Waals surface area contributed by atoms with Crippen molar-refractivity contribution in [3.63, 3.8) is 0 Å². The Morgan fingerprint density at radius 3 is 2.60 bits per heavy atom. The van der Waals surface area contributed by atoms with Crippen LogP contribution in [0.2, 0.25) is 0 Å². The molecular weight excluding hydrogens is 348 g/mol. The zero-order chi connectivity index (χ0) is 15.3. The van der Waals surface area contributed by atoms with Crippen molar-refractivity contribution in [2.75, 3.05) is 27.2 Å². The molecule has 0 amide bonds. The molecule has 112 valence electrons. The molecule has 0 aromatic heterocycles. The predicted molar refractivity (Wildman–Crippen MR) is 76.0 cm³/mol. The number of carboxylic acids is 1. The van der Waals surface area contributed by atoms with Gasteiger partial charge >= 0.3 is 0 Å². The van der Waals surface area contributed by atoms with Crippen LogP contribution in [0.4, 0.5) is 0 Å². The Morgan fingerprint density at radius 2 is 2.05 bits per heavy atom. The fourth-order valence-corrected chi connectivity index (χ4v) is 3.62. The monoisotopic (exact) mass is 364 g/mol. The number of nitrogens with one attached hydrogen (secondary N) is 2. The summed E-state index contributed by atoms with van der Waals surface area (Å²) in [5, 5.41) is 10.8. The molecule has 0 aliphatic heterocycles. The average Bonchev–Trinajstić information content (AvgIpc) is 2.34. The number of sulfonamides is 1. The Balaban J connectivity index is 2.86. The predicted octanol–water partition coefficient (Wildman–Crippen LogP) is -1.37. The van der Waals surface area contributed by atoms with Crippen molar-refractivity contribution in [1.82, 2.24) is 4.72 Å². The van der Waals surface area contributed by atoms with Crippen molar-refractivity contribution in [3.05, 3.63) is 28.2 Å². The Morgan fingerprint density at radius 1 is 1.40 bits per heavy atom. The van der Waals surface area contributed by atoms with Crippen molar-refractivity contribution in [3.8, 4) is 0 Å². The van der Waals surface area contributed by atoms with Crippen molar-refractivity contribution >= 4 is 31.9 Å². The first-order valence-corrected chi connectivity index (χ1v) is 8.31. The number of carbonyl (C=O) groups is 1. The Labute approximate surface area is 127 Å². The lowest BCUT2D eigenvalue weighted by Gasteiger charge is -2.11. The van der Waals surface area contributed by atoms with Crippen LogP contribution in [0.15, 0.2) is 27.6 Å². The van der Waals surface area contributed by atoms with Gasteiger partial charge in [0.2, 0.25) is 10.0 Å². The molecule has 8 heteroatoms. The SMILES string of the molecule is C[NH+](C)CCCNS(=O)(=O)c1cc(C(=O)[O-])ccc1Br. The van der Waals surface area contributed by atoms with Crippen molar-refractivity contribution < 1.29 is 23.2 Å². The number of rotatable bonds is 7. The molecular formula is C12H17BrN2O4S. The lowest BCUT2D eigenvalue weighted by Crippen LogP contribution is -3.05. The van der Waals surface area contributed by atoms with E-state index < -0.39 is 16.0 Å². The second-order valence-electron chi connectivity index (χ2n) is 4.64. The number of quaternary nitrogens is 1. The summed E-state index contributed by atoms with van der Waals surface area (Å²) in [7, 11) is 0.219. The van der Waals surface area contributed by atoms with Gasteiger partial charge in [-0.15, -0.1) is 0 Å². The standard InChI is InChI=1S/C12H17BrN2O4S/c1-15(2)7-3-6-14-20(18,19)11-8-9(12(16)17)4-5-10(11)13/h4-5,8,14H,3,6-7H2,1-2H3,(H,16,17). The largest absolute Gasteiger partial charge is 0.545 e. The van der Waals surface area contributed by atoms with E-state index in [0.717, 1.165) is 12.6 Å². The fraction of sp³-hybridized carbons (Fsp3) is 0.417. The van der Waals surface area contributed by atoms with Crippen molar-refractivity contribution in [1.29, 1.82) is 0 Å². The van der Waals surface area contributed by atoms with Crippen LogP contribution in [0.3, 0.4) is 0 Å². The molecule has 0 radical (unpaired) electrons. The molecule has 6 nitrogen and oxygen atoms in total. The van der Waals surface area contributed by atoms with Gasteiger partial charge in [-0.25, -0.2) is 13.1 Å². The summed E-state index contributed by atoms with van der Waals surface area (Å²) < 4.78 is 27.0. The highest BCUT2D eigenvalue weighted by Gasteiger charge is 2.18. The normalized spacial score (nSPS) is 11.8. The summed E-state index contributed by atoms with van der Waals surface area (Å²) >= 11 is 3.11. The van der Waals surface area contributed by atoms with Crippen LogP contribution >= 0.6 is 15.9 Å². The van der Waals surface area contributed by atoms with E-state index in [4.69, 9.17) is 0 Å². The first-order chi connectivity index (χ1) is 9.24. The number of hydrogen-bond donors (Lipinski definition) is 2. The van der Waals surface area contributed by atoms with Crippen LogP contribution in [-0.4, -0.2) is 41.6 Å². The third-order valence-corrected chi connectivity index (χ3v) is 5.06. The molecule has 0 atom stereocenters. The molecule has 20 heavy (non-hydrogen) atoms. The first kappa shape index (κ1) is 17.1. The maximum absolute atomic E-state index is 12.1. The Hall–Kier alpha value is -0.960. The summed E-state index contributed by atoms with van der Waals surface area (Å²) in [6.07, 6.45) is 0.694. The zero-order valence-corrected chi connectivity index (χ0v) is 13.7. The molecule has 0 aliphatic rings. The molecule has 1 aromatic rings. The molecule has 0 saturated carbocycles. The number of hydrogen-bond acceptors (Lipinski definition) is 4. The van der Waals surface area contributed by atoms with E-state index in [2.05, 4.69) is 20.7 Å². The molecule has 0 spiro atoms. The number of halogens is 1. The minimum absolute atomic E-state index is 0.101. The lowest BCUT2D eigenvalue weighted by molar-refractivity contribution is -0.858. The number of benzene rings is 1. The van der Waals surface area contributed by atoms with E-state index in [1.807, 2.05) is 14.1 Å². The second-order valence-corrected chi connectivity index (χ2v) is 7.23. The summed E-state index contributed by atoms with van der Waals surface area (Å²) in [5.41, 5.74) is -0.175. The van der Waals surface area contributed by atoms with Gasteiger partial charge in [0.1, 0.15) is 0 Å². The van der Waals surface area contributed by atoms with Crippen molar-refractivity contribution in [2.24, 2.45) is 0 Å². The van der Waals surface area contributed by atoms with Gasteiger partial charge in [-0.1, -0.05) is 6.07 Å². The highest BCUT2D eigenvalue weighted by atomic mass is 79.9. The van der Waals surface area contributed by atoms with Gasteiger partial charge in [0.25, 0.3) is 0 Å². The number of carbonyl (C=O) groups excluding carboxylic acids is 1. The highest BCUT2D eigenvalue weighted by molar-refractivity contribution is 9.10. The summed E-state index contributed by atoms with van der Waals surface area (Å²) in [5.74, 6) is -1.41. The minimum Gasteiger partial charge on any atom is -0.545 e. The van der Waals surface area contributed by atoms with Gasteiger partial charge in [0.15, 0.2) is 0 Å². The number of carboxylic acid groups (broad SMARTS) is 1. The van der Waals surface area contributed by atoms with E-state index in [0.29, 0.717) is 17.4 Å². The lowest BCUT2D eigenvalue weighted by atomic mass is 10.2. The van der Waals surface area contributed by atoms with Gasteiger partial charge in [-0.05, 0) is 33.6 Å². The van der Waals surface area contributed by atoms with E-state index in [1.165, 1.54) is 17.0 Å². The Bertz CT molecular complexity index is 587. The van der Waals surface area contributed by atoms with Crippen LogP contribution in [0.1, 0.15) is 16.8 Å². The molecule has 0 unspecified atom stereocenters. The van der Waals surface area contributed by atoms with E-state index in [-0.39, 0.29) is 10.5 Å². The summed E-state index contributed by atoms with van der Waals surface area (Å²) in [6.45, 7) is 1.14. The third kappa shape index (κ3) is 4.86. The van der Waals surface area contributed by atoms with E-state index >= 15 is 0 Å². The fourth-order valence-electron chi connectivity index (χ4n) is 1.56. The smallest absolute Gasteiger partial charge is 0.241 e. The molecule has 0 aliphatic carbocycles. The second kappa shape index (κ2) is 7.16. The van der Waals surface area contributed by atoms with Crippen LogP contribution in [-0.2, 0) is 10.0 Å². The highest BCUT2D eigenvalue weighted by Crippen LogP contribution is 2.22. The summed E-state index contributed by atoms with van der Waals surface area (Å²) in [6, 6.07) is 3.75. The quantitative estimate of drug-likeness (QED) is 0.583. The third-order valence-electron chi connectivity index (χ3n) is 2.60. The van der Waals surface area contributed by atoms with Crippen molar-refractivity contribution in [2.45, 2.75) is 11.3 Å². The van der Waals surface area contributed by atoms with Crippen LogP contribution in [0, 0.1) is 0 Å². The molecule has 0 saturated heterocycles. The number of aromatic carboxylic acids is 1. The van der Waals surface area contributed by atoms with Gasteiger partial charge in [0, 0.05) is 17.4 Å². The average molecular weight is 365 g/mol. The van der Waals surface area contributed by atoms with E-state index in [9.17, 15) is 18.3 Å².